The summed E-state index contributed by atoms with van der Waals surface area (Å²) in [5.41, 5.74) is 1.90. The fourth-order valence-electron chi connectivity index (χ4n) is 3.21. The fraction of sp³-hybridized carbons (Fsp3) is 0.130. The number of carbonyl (C=O) groups is 1. The summed E-state index contributed by atoms with van der Waals surface area (Å²) in [5, 5.41) is 4.12. The molecule has 0 unspecified atom stereocenters. The molecule has 3 aromatic rings. The van der Waals surface area contributed by atoms with E-state index in [4.69, 9.17) is 49.3 Å². The van der Waals surface area contributed by atoms with Gasteiger partial charge in [-0.15, -0.1) is 0 Å². The number of thiocarbonyl (C=S) groups is 1. The van der Waals surface area contributed by atoms with Gasteiger partial charge in [-0.25, -0.2) is 0 Å². The van der Waals surface area contributed by atoms with Crippen molar-refractivity contribution in [2.45, 2.75) is 13.2 Å². The Kier molecular flexibility index (Phi) is 6.69. The number of benzene rings is 2. The van der Waals surface area contributed by atoms with Crippen LogP contribution in [-0.4, -0.2) is 23.0 Å². The molecular formula is C23H18Cl2N2O4S. The minimum atomic E-state index is -0.233. The predicted molar refractivity (Wildman–Crippen MR) is 127 cm³/mol. The van der Waals surface area contributed by atoms with Crippen LogP contribution in [0.5, 0.6) is 11.5 Å². The quantitative estimate of drug-likeness (QED) is 0.353. The fourth-order valence-corrected chi connectivity index (χ4v) is 3.98. The molecule has 0 aliphatic carbocycles. The average Bonchev–Trinajstić information content (AvgIpc) is 3.38. The van der Waals surface area contributed by atoms with E-state index in [2.05, 4.69) is 5.32 Å². The molecule has 0 saturated carbocycles. The van der Waals surface area contributed by atoms with Crippen LogP contribution >= 0.6 is 35.4 Å². The summed E-state index contributed by atoms with van der Waals surface area (Å²) in [6.07, 6.45) is 3.28. The monoisotopic (exact) mass is 488 g/mol. The summed E-state index contributed by atoms with van der Waals surface area (Å²) >= 11 is 17.7. The Labute approximate surface area is 200 Å². The second-order valence-electron chi connectivity index (χ2n) is 6.87. The van der Waals surface area contributed by atoms with Crippen LogP contribution < -0.4 is 14.8 Å². The summed E-state index contributed by atoms with van der Waals surface area (Å²) < 4.78 is 16.6. The number of furan rings is 1. The molecule has 1 fully saturated rings. The molecule has 1 amide bonds. The van der Waals surface area contributed by atoms with Gasteiger partial charge >= 0.3 is 0 Å². The summed E-state index contributed by atoms with van der Waals surface area (Å²) in [6, 6.07) is 14.2. The van der Waals surface area contributed by atoms with Crippen molar-refractivity contribution in [3.05, 3.63) is 87.4 Å². The van der Waals surface area contributed by atoms with Crippen LogP contribution in [0.15, 0.2) is 64.9 Å². The molecule has 0 bridgehead atoms. The Morgan fingerprint density at radius 2 is 1.94 bits per heavy atom. The highest BCUT2D eigenvalue weighted by Gasteiger charge is 2.31. The third-order valence-corrected chi connectivity index (χ3v) is 5.68. The largest absolute Gasteiger partial charge is 0.496 e. The van der Waals surface area contributed by atoms with Gasteiger partial charge in [0, 0.05) is 5.56 Å². The number of hydrogen-bond acceptors (Lipinski definition) is 5. The highest BCUT2D eigenvalue weighted by atomic mass is 35.5. The van der Waals surface area contributed by atoms with Crippen molar-refractivity contribution in [2.24, 2.45) is 0 Å². The normalized spacial score (nSPS) is 14.7. The van der Waals surface area contributed by atoms with Crippen molar-refractivity contribution in [2.75, 3.05) is 7.11 Å². The average molecular weight is 489 g/mol. The van der Waals surface area contributed by atoms with Crippen LogP contribution in [0.25, 0.3) is 6.08 Å². The molecule has 0 radical (unpaired) electrons. The van der Waals surface area contributed by atoms with E-state index in [0.717, 1.165) is 11.1 Å². The lowest BCUT2D eigenvalue weighted by atomic mass is 10.1. The second-order valence-corrected chi connectivity index (χ2v) is 8.07. The number of amides is 1. The van der Waals surface area contributed by atoms with Crippen molar-refractivity contribution in [3.63, 3.8) is 0 Å². The van der Waals surface area contributed by atoms with E-state index in [-0.39, 0.29) is 19.1 Å². The second kappa shape index (κ2) is 9.65. The Morgan fingerprint density at radius 3 is 2.62 bits per heavy atom. The number of hydrogen-bond donors (Lipinski definition) is 1. The molecule has 1 N–H and O–H groups in total. The summed E-state index contributed by atoms with van der Waals surface area (Å²) in [6.45, 7) is 0.434. The number of nitrogens with one attached hydrogen (secondary N) is 1. The van der Waals surface area contributed by atoms with Crippen LogP contribution in [-0.2, 0) is 17.9 Å². The van der Waals surface area contributed by atoms with E-state index in [1.807, 2.05) is 12.1 Å². The maximum Gasteiger partial charge on any atom is 0.276 e. The van der Waals surface area contributed by atoms with E-state index in [1.165, 1.54) is 4.90 Å². The Balaban J connectivity index is 1.55. The molecule has 6 nitrogen and oxygen atoms in total. The molecule has 4 rings (SSSR count). The molecule has 2 heterocycles. The summed E-state index contributed by atoms with van der Waals surface area (Å²) in [5.74, 6) is 1.44. The van der Waals surface area contributed by atoms with Crippen molar-refractivity contribution in [1.82, 2.24) is 10.2 Å². The first-order valence-corrected chi connectivity index (χ1v) is 10.7. The van der Waals surface area contributed by atoms with Crippen LogP contribution in [0.3, 0.4) is 0 Å². The van der Waals surface area contributed by atoms with Gasteiger partial charge in [-0.05, 0) is 60.3 Å². The van der Waals surface area contributed by atoms with Gasteiger partial charge in [0.1, 0.15) is 23.8 Å². The zero-order chi connectivity index (χ0) is 22.7. The number of para-hydroxylation sites is 1. The Bertz CT molecular complexity index is 1170. The van der Waals surface area contributed by atoms with Gasteiger partial charge in [-0.3, -0.25) is 9.69 Å². The van der Waals surface area contributed by atoms with Gasteiger partial charge in [0.15, 0.2) is 10.9 Å². The van der Waals surface area contributed by atoms with Gasteiger partial charge in [-0.2, -0.15) is 0 Å². The van der Waals surface area contributed by atoms with Crippen LogP contribution in [0.2, 0.25) is 10.0 Å². The Morgan fingerprint density at radius 1 is 1.16 bits per heavy atom. The van der Waals surface area contributed by atoms with Crippen molar-refractivity contribution in [3.8, 4) is 11.5 Å². The number of nitrogens with zero attached hydrogens (tertiary/aromatic N) is 1. The maximum atomic E-state index is 12.8. The molecule has 1 aliphatic heterocycles. The first kappa shape index (κ1) is 22.2. The van der Waals surface area contributed by atoms with E-state index in [0.29, 0.717) is 38.1 Å². The van der Waals surface area contributed by atoms with Crippen molar-refractivity contribution in [1.29, 1.82) is 0 Å². The number of halogens is 2. The first-order chi connectivity index (χ1) is 15.5. The van der Waals surface area contributed by atoms with Crippen molar-refractivity contribution < 1.29 is 18.7 Å². The molecule has 164 valence electrons. The molecule has 0 atom stereocenters. The van der Waals surface area contributed by atoms with Crippen LogP contribution in [0, 0.1) is 0 Å². The third-order valence-electron chi connectivity index (χ3n) is 4.76. The predicted octanol–water partition coefficient (Wildman–Crippen LogP) is 5.43. The minimum Gasteiger partial charge on any atom is -0.496 e. The zero-order valence-electron chi connectivity index (χ0n) is 16.9. The Hall–Kier alpha value is -3.00. The number of ether oxygens (including phenoxy) is 2. The van der Waals surface area contributed by atoms with E-state index in [9.17, 15) is 4.79 Å². The minimum absolute atomic E-state index is 0.175. The van der Waals surface area contributed by atoms with Crippen LogP contribution in [0.4, 0.5) is 0 Å². The van der Waals surface area contributed by atoms with Gasteiger partial charge in [0.2, 0.25) is 0 Å². The molecule has 9 heteroatoms. The smallest absolute Gasteiger partial charge is 0.276 e. The standard InChI is InChI=1S/C23H18Cl2N2O4S/c1-29-20-8-7-14(10-15(20)13-31-21-17(24)5-2-6-18(21)25)11-19-22(28)27(23(32)26-19)12-16-4-3-9-30-16/h2-11H,12-13H2,1H3,(H,26,32)/b19-11+. The first-order valence-electron chi connectivity index (χ1n) is 9.57. The third kappa shape index (κ3) is 4.75. The van der Waals surface area contributed by atoms with Crippen LogP contribution in [0.1, 0.15) is 16.9 Å². The SMILES string of the molecule is COc1ccc(/C=C2/NC(=S)N(Cc3ccco3)C2=O)cc1COc1c(Cl)cccc1Cl. The van der Waals surface area contributed by atoms with Gasteiger partial charge in [0.05, 0.1) is 30.0 Å². The zero-order valence-corrected chi connectivity index (χ0v) is 19.3. The van der Waals surface area contributed by atoms with E-state index >= 15 is 0 Å². The molecule has 32 heavy (non-hydrogen) atoms. The topological polar surface area (TPSA) is 63.9 Å². The highest BCUT2D eigenvalue weighted by molar-refractivity contribution is 7.80. The molecule has 1 saturated heterocycles. The van der Waals surface area contributed by atoms with Crippen molar-refractivity contribution >= 4 is 52.5 Å². The van der Waals surface area contributed by atoms with E-state index in [1.54, 1.807) is 55.8 Å². The number of rotatable bonds is 7. The van der Waals surface area contributed by atoms with Gasteiger partial charge in [-0.1, -0.05) is 35.3 Å². The molecule has 1 aromatic heterocycles. The summed E-state index contributed by atoms with van der Waals surface area (Å²) in [7, 11) is 1.58. The lowest BCUT2D eigenvalue weighted by Gasteiger charge is -2.13. The lowest BCUT2D eigenvalue weighted by Crippen LogP contribution is -2.29. The molecule has 2 aromatic carbocycles. The van der Waals surface area contributed by atoms with E-state index < -0.39 is 0 Å². The molecule has 0 spiro atoms. The highest BCUT2D eigenvalue weighted by Crippen LogP contribution is 2.34. The number of methoxy groups -OCH3 is 1. The molecule has 1 aliphatic rings. The lowest BCUT2D eigenvalue weighted by molar-refractivity contribution is -0.122. The van der Waals surface area contributed by atoms with Gasteiger partial charge in [0.25, 0.3) is 5.91 Å². The summed E-state index contributed by atoms with van der Waals surface area (Å²) in [4.78, 5) is 14.3. The maximum absolute atomic E-state index is 12.8. The number of carbonyl (C=O) groups excluding carboxylic acids is 1. The molecular weight excluding hydrogens is 471 g/mol. The van der Waals surface area contributed by atoms with Gasteiger partial charge < -0.3 is 19.2 Å².